The fourth-order valence-electron chi connectivity index (χ4n) is 3.02. The van der Waals surface area contributed by atoms with Gasteiger partial charge in [-0.2, -0.15) is 28.4 Å². The molecule has 0 amide bonds. The van der Waals surface area contributed by atoms with Gasteiger partial charge in [0.2, 0.25) is 0 Å². The number of benzene rings is 4. The Bertz CT molecular complexity index is 1130. The molecule has 0 unspecified atom stereocenters. The zero-order chi connectivity index (χ0) is 27.2. The summed E-state index contributed by atoms with van der Waals surface area (Å²) < 4.78 is 19.7. The van der Waals surface area contributed by atoms with E-state index in [4.69, 9.17) is 18.9 Å². The van der Waals surface area contributed by atoms with Crippen LogP contribution < -0.4 is 18.9 Å². The maximum Gasteiger partial charge on any atom is 0.0986 e. The van der Waals surface area contributed by atoms with Crippen LogP contribution in [0.2, 0.25) is 0 Å². The maximum absolute atomic E-state index is 5.15. The van der Waals surface area contributed by atoms with Gasteiger partial charge in [-0.3, -0.25) is 0 Å². The Labute approximate surface area is 242 Å². The van der Waals surface area contributed by atoms with Gasteiger partial charge in [-0.15, -0.1) is 0 Å². The Kier molecular flexibility index (Phi) is 15.1. The second-order valence-corrected chi connectivity index (χ2v) is 9.29. The van der Waals surface area contributed by atoms with E-state index in [-0.39, 0.29) is 16.5 Å². The minimum absolute atomic E-state index is 0. The van der Waals surface area contributed by atoms with Crippen LogP contribution in [-0.2, 0) is 16.5 Å². The normalized spacial score (nSPS) is 9.47. The van der Waals surface area contributed by atoms with Crippen molar-refractivity contribution in [3.8, 4) is 23.0 Å². The molecule has 4 aromatic rings. The van der Waals surface area contributed by atoms with Crippen molar-refractivity contribution in [3.63, 3.8) is 0 Å². The summed E-state index contributed by atoms with van der Waals surface area (Å²) >= 11 is 1.59. The largest absolute Gasteiger partial charge is 0.665 e. The predicted octanol–water partition coefficient (Wildman–Crippen LogP) is 9.12. The van der Waals surface area contributed by atoms with Gasteiger partial charge in [0.15, 0.2) is 0 Å². The van der Waals surface area contributed by atoms with Crippen LogP contribution in [0, 0.1) is 56.1 Å². The summed E-state index contributed by atoms with van der Waals surface area (Å²) in [5.41, 5.74) is 4.81. The average Bonchev–Trinajstić information content (AvgIpc) is 2.91. The summed E-state index contributed by atoms with van der Waals surface area (Å²) in [6, 6.07) is 27.5. The summed E-state index contributed by atoms with van der Waals surface area (Å²) in [7, 11) is 13.6. The van der Waals surface area contributed by atoms with E-state index in [9.17, 15) is 0 Å². The molecule has 38 heavy (non-hydrogen) atoms. The molecule has 0 aliphatic heterocycles. The van der Waals surface area contributed by atoms with E-state index in [1.54, 1.807) is 11.8 Å². The summed E-state index contributed by atoms with van der Waals surface area (Å²) in [6.07, 6.45) is 0. The average molecular weight is 573 g/mol. The van der Waals surface area contributed by atoms with Crippen molar-refractivity contribution in [2.45, 2.75) is 37.5 Å². The van der Waals surface area contributed by atoms with Crippen LogP contribution in [0.1, 0.15) is 22.3 Å². The number of ether oxygens (including phenoxy) is 4. The molecule has 0 bridgehead atoms. The zero-order valence-corrected chi connectivity index (χ0v) is 24.1. The summed E-state index contributed by atoms with van der Waals surface area (Å²) in [4.78, 5) is 2.03. The molecular weight excluding hydrogens is 539 g/mol. The van der Waals surface area contributed by atoms with Gasteiger partial charge in [0, 0.05) is 16.5 Å². The first-order valence-electron chi connectivity index (χ1n) is 11.5. The molecule has 4 nitrogen and oxygen atoms in total. The first-order valence-corrected chi connectivity index (χ1v) is 12.3. The predicted molar refractivity (Wildman–Crippen MR) is 153 cm³/mol. The molecule has 4 rings (SSSR count). The molecule has 0 aliphatic carbocycles. The van der Waals surface area contributed by atoms with E-state index < -0.39 is 0 Å². The van der Waals surface area contributed by atoms with Gasteiger partial charge >= 0.3 is 0 Å². The smallest absolute Gasteiger partial charge is 0.0986 e. The van der Waals surface area contributed by atoms with Crippen LogP contribution >= 0.6 is 11.8 Å². The second kappa shape index (κ2) is 17.4. The molecule has 0 saturated carbocycles. The Morgan fingerprint density at radius 3 is 1.05 bits per heavy atom. The van der Waals surface area contributed by atoms with E-state index in [1.165, 1.54) is 22.3 Å². The standard InChI is InChI=1S/C16H16O2S.2C8H9O.Ni/c1-11-5-7-13(17-3)15(9-11)19-16-10-12(2)6-8-14(16)18-4;2*1-7-3-5-8(9-2)6-4-7;/h5-10H,3-4H2,1-2H3;2*3-6H,2H2,1H3;/q-2;2*-1;. The van der Waals surface area contributed by atoms with Crippen molar-refractivity contribution < 1.29 is 35.4 Å². The molecule has 0 radical (unpaired) electrons. The van der Waals surface area contributed by atoms with E-state index >= 15 is 0 Å². The molecule has 0 N–H and O–H groups in total. The van der Waals surface area contributed by atoms with Crippen LogP contribution in [0.3, 0.4) is 0 Å². The monoisotopic (exact) mass is 572 g/mol. The van der Waals surface area contributed by atoms with Gasteiger partial charge in [-0.1, -0.05) is 59.3 Å². The van der Waals surface area contributed by atoms with E-state index in [0.717, 1.165) is 32.8 Å². The molecule has 0 spiro atoms. The zero-order valence-electron chi connectivity index (χ0n) is 22.3. The molecule has 0 fully saturated rings. The minimum Gasteiger partial charge on any atom is -0.665 e. The molecular formula is C32H34NiO4S-4. The molecule has 0 atom stereocenters. The maximum atomic E-state index is 5.15. The topological polar surface area (TPSA) is 36.9 Å². The fraction of sp³-hybridized carbons (Fsp3) is 0.125. The van der Waals surface area contributed by atoms with E-state index in [1.807, 2.05) is 100 Å². The van der Waals surface area contributed by atoms with E-state index in [2.05, 4.69) is 40.6 Å². The Morgan fingerprint density at radius 1 is 0.447 bits per heavy atom. The summed E-state index contributed by atoms with van der Waals surface area (Å²) in [6.45, 7) is 8.16. The van der Waals surface area contributed by atoms with Gasteiger partial charge in [0.1, 0.15) is 0 Å². The Hall–Kier alpha value is -3.08. The van der Waals surface area contributed by atoms with Crippen molar-refractivity contribution in [2.75, 3.05) is 0 Å². The van der Waals surface area contributed by atoms with Gasteiger partial charge in [-0.05, 0) is 87.4 Å². The van der Waals surface area contributed by atoms with Crippen molar-refractivity contribution >= 4 is 11.8 Å². The minimum atomic E-state index is 0. The van der Waals surface area contributed by atoms with Crippen LogP contribution in [0.4, 0.5) is 0 Å². The quantitative estimate of drug-likeness (QED) is 0.170. The Morgan fingerprint density at radius 2 is 0.763 bits per heavy atom. The second-order valence-electron chi connectivity index (χ2n) is 8.21. The van der Waals surface area contributed by atoms with Crippen molar-refractivity contribution in [2.24, 2.45) is 0 Å². The van der Waals surface area contributed by atoms with Crippen molar-refractivity contribution in [1.82, 2.24) is 0 Å². The van der Waals surface area contributed by atoms with Gasteiger partial charge < -0.3 is 18.9 Å². The fourth-order valence-corrected chi connectivity index (χ4v) is 4.20. The number of aryl methyl sites for hydroxylation is 4. The number of hydrogen-bond acceptors (Lipinski definition) is 5. The van der Waals surface area contributed by atoms with Crippen molar-refractivity contribution in [3.05, 3.63) is 136 Å². The van der Waals surface area contributed by atoms with Gasteiger partial charge in [-0.25, -0.2) is 0 Å². The SMILES string of the molecule is [CH2-]Oc1ccc(C)cc1.[CH2-]Oc1ccc(C)cc1.[CH2-]Oc1ccc(C)cc1Sc1cc(C)ccc1O[CH2-].[Ni]. The van der Waals surface area contributed by atoms with E-state index in [0.29, 0.717) is 0 Å². The number of rotatable bonds is 6. The number of hydrogen-bond donors (Lipinski definition) is 0. The van der Waals surface area contributed by atoms with Crippen LogP contribution in [0.15, 0.2) is 94.7 Å². The van der Waals surface area contributed by atoms with Crippen LogP contribution in [-0.4, -0.2) is 0 Å². The third-order valence-electron chi connectivity index (χ3n) is 5.10. The van der Waals surface area contributed by atoms with Crippen LogP contribution in [0.5, 0.6) is 23.0 Å². The molecule has 4 aromatic carbocycles. The molecule has 0 saturated heterocycles. The summed E-state index contributed by atoms with van der Waals surface area (Å²) in [5.74, 6) is 3.13. The first kappa shape index (κ1) is 33.0. The molecule has 0 aliphatic rings. The van der Waals surface area contributed by atoms with Gasteiger partial charge in [0.05, 0.1) is 32.8 Å². The third-order valence-corrected chi connectivity index (χ3v) is 6.18. The Balaban J connectivity index is 0.000000318. The third kappa shape index (κ3) is 11.1. The van der Waals surface area contributed by atoms with Crippen LogP contribution in [0.25, 0.3) is 0 Å². The molecule has 206 valence electrons. The van der Waals surface area contributed by atoms with Crippen molar-refractivity contribution in [1.29, 1.82) is 0 Å². The molecule has 6 heteroatoms. The molecule has 0 aromatic heterocycles. The first-order chi connectivity index (χ1) is 17.8. The molecule has 0 heterocycles. The summed E-state index contributed by atoms with van der Waals surface area (Å²) in [5, 5.41) is 0. The van der Waals surface area contributed by atoms with Gasteiger partial charge in [0.25, 0.3) is 0 Å².